The van der Waals surface area contributed by atoms with Gasteiger partial charge < -0.3 is 14.2 Å². The first-order valence-corrected chi connectivity index (χ1v) is 11.1. The number of carbonyl (C=O) groups excluding carboxylic acids is 1. The van der Waals surface area contributed by atoms with Crippen molar-refractivity contribution in [3.05, 3.63) is 30.2 Å². The van der Waals surface area contributed by atoms with Gasteiger partial charge in [0.15, 0.2) is 0 Å². The lowest BCUT2D eigenvalue weighted by Gasteiger charge is -2.39. The standard InChI is InChI=1S/C23H32N4O3/c1-16(2)26-12-14-27(15-13-26)23(28)19-6-10-21(11-7-19)29-20-8-4-18(5-9-20)22-24-17(3)30-25-22/h4-5,8-9,16,19,21H,6-7,10-15H2,1-3H3. The van der Waals surface area contributed by atoms with Crippen LogP contribution >= 0.6 is 0 Å². The summed E-state index contributed by atoms with van der Waals surface area (Å²) in [7, 11) is 0. The van der Waals surface area contributed by atoms with Gasteiger partial charge in [-0.05, 0) is 63.8 Å². The molecule has 1 aromatic carbocycles. The topological polar surface area (TPSA) is 71.7 Å². The summed E-state index contributed by atoms with van der Waals surface area (Å²) in [6, 6.07) is 8.36. The molecule has 0 unspecified atom stereocenters. The first-order chi connectivity index (χ1) is 14.5. The molecule has 0 N–H and O–H groups in total. The Morgan fingerprint density at radius 1 is 1.07 bits per heavy atom. The summed E-state index contributed by atoms with van der Waals surface area (Å²) in [6.45, 7) is 9.92. The van der Waals surface area contributed by atoms with Gasteiger partial charge in [-0.1, -0.05) is 5.16 Å². The third kappa shape index (κ3) is 4.83. The van der Waals surface area contributed by atoms with Crippen molar-refractivity contribution in [1.82, 2.24) is 19.9 Å². The maximum atomic E-state index is 12.9. The minimum absolute atomic E-state index is 0.152. The number of hydrogen-bond acceptors (Lipinski definition) is 6. The second-order valence-corrected chi connectivity index (χ2v) is 8.71. The summed E-state index contributed by atoms with van der Waals surface area (Å²) in [5.41, 5.74) is 0.908. The number of piperazine rings is 1. The molecule has 1 aliphatic heterocycles. The van der Waals surface area contributed by atoms with E-state index in [4.69, 9.17) is 9.26 Å². The normalized spacial score (nSPS) is 23.0. The van der Waals surface area contributed by atoms with Crippen LogP contribution in [0.15, 0.2) is 28.8 Å². The fraction of sp³-hybridized carbons (Fsp3) is 0.609. The molecule has 0 radical (unpaired) electrons. The van der Waals surface area contributed by atoms with Crippen LogP contribution < -0.4 is 4.74 Å². The number of aromatic nitrogens is 2. The maximum absolute atomic E-state index is 12.9. The van der Waals surface area contributed by atoms with Crippen LogP contribution in [0.25, 0.3) is 11.4 Å². The summed E-state index contributed by atoms with van der Waals surface area (Å²) in [5, 5.41) is 3.94. The van der Waals surface area contributed by atoms with Gasteiger partial charge in [0, 0.05) is 50.6 Å². The highest BCUT2D eigenvalue weighted by Gasteiger charge is 2.32. The van der Waals surface area contributed by atoms with Crippen molar-refractivity contribution in [2.45, 2.75) is 58.6 Å². The number of amides is 1. The molecule has 0 atom stereocenters. The van der Waals surface area contributed by atoms with Gasteiger partial charge in [-0.3, -0.25) is 9.69 Å². The molecule has 162 valence electrons. The molecular formula is C23H32N4O3. The predicted molar refractivity (Wildman–Crippen MR) is 114 cm³/mol. The minimum atomic E-state index is 0.152. The Bertz CT molecular complexity index is 832. The zero-order valence-corrected chi connectivity index (χ0v) is 18.2. The average Bonchev–Trinajstić information content (AvgIpc) is 3.21. The van der Waals surface area contributed by atoms with Crippen LogP contribution in [-0.4, -0.2) is 64.2 Å². The zero-order chi connectivity index (χ0) is 21.1. The van der Waals surface area contributed by atoms with Gasteiger partial charge >= 0.3 is 0 Å². The third-order valence-electron chi connectivity index (χ3n) is 6.32. The third-order valence-corrected chi connectivity index (χ3v) is 6.32. The lowest BCUT2D eigenvalue weighted by atomic mass is 9.86. The van der Waals surface area contributed by atoms with Crippen LogP contribution in [0.4, 0.5) is 0 Å². The Balaban J connectivity index is 1.24. The second kappa shape index (κ2) is 9.16. The quantitative estimate of drug-likeness (QED) is 0.748. The smallest absolute Gasteiger partial charge is 0.225 e. The van der Waals surface area contributed by atoms with E-state index in [1.165, 1.54) is 0 Å². The molecular weight excluding hydrogens is 380 g/mol. The van der Waals surface area contributed by atoms with Crippen molar-refractivity contribution in [2.75, 3.05) is 26.2 Å². The zero-order valence-electron chi connectivity index (χ0n) is 18.2. The molecule has 7 nitrogen and oxygen atoms in total. The van der Waals surface area contributed by atoms with Gasteiger partial charge in [-0.15, -0.1) is 0 Å². The molecule has 4 rings (SSSR count). The largest absolute Gasteiger partial charge is 0.490 e. The van der Waals surface area contributed by atoms with Crippen LogP contribution in [0.2, 0.25) is 0 Å². The molecule has 2 fully saturated rings. The summed E-state index contributed by atoms with van der Waals surface area (Å²) in [6.07, 6.45) is 3.84. The molecule has 1 saturated carbocycles. The predicted octanol–water partition coefficient (Wildman–Crippen LogP) is 3.54. The fourth-order valence-corrected chi connectivity index (χ4v) is 4.44. The Labute approximate surface area is 178 Å². The number of hydrogen-bond donors (Lipinski definition) is 0. The fourth-order valence-electron chi connectivity index (χ4n) is 4.44. The maximum Gasteiger partial charge on any atom is 0.225 e. The van der Waals surface area contributed by atoms with Crippen LogP contribution in [0.1, 0.15) is 45.4 Å². The first-order valence-electron chi connectivity index (χ1n) is 11.1. The number of carbonyl (C=O) groups is 1. The first kappa shape index (κ1) is 20.8. The van der Waals surface area contributed by atoms with Crippen LogP contribution in [0.3, 0.4) is 0 Å². The Morgan fingerprint density at radius 2 is 1.73 bits per heavy atom. The van der Waals surface area contributed by atoms with Gasteiger partial charge in [0.05, 0.1) is 6.10 Å². The van der Waals surface area contributed by atoms with E-state index in [1.807, 2.05) is 24.3 Å². The Kier molecular flexibility index (Phi) is 6.37. The van der Waals surface area contributed by atoms with Gasteiger partial charge in [0.1, 0.15) is 5.75 Å². The van der Waals surface area contributed by atoms with Crippen molar-refractivity contribution >= 4 is 5.91 Å². The van der Waals surface area contributed by atoms with Crippen molar-refractivity contribution < 1.29 is 14.1 Å². The molecule has 7 heteroatoms. The highest BCUT2D eigenvalue weighted by Crippen LogP contribution is 2.30. The summed E-state index contributed by atoms with van der Waals surface area (Å²) >= 11 is 0. The van der Waals surface area contributed by atoms with Gasteiger partial charge in [0.2, 0.25) is 17.6 Å². The SMILES string of the molecule is Cc1nc(-c2ccc(OC3CCC(C(=O)N4CCN(C(C)C)CC4)CC3)cc2)no1. The highest BCUT2D eigenvalue weighted by molar-refractivity contribution is 5.79. The molecule has 30 heavy (non-hydrogen) atoms. The highest BCUT2D eigenvalue weighted by atomic mass is 16.5. The van der Waals surface area contributed by atoms with Crippen molar-refractivity contribution in [3.8, 4) is 17.1 Å². The molecule has 1 amide bonds. The molecule has 2 aromatic rings. The van der Waals surface area contributed by atoms with E-state index in [-0.39, 0.29) is 12.0 Å². The van der Waals surface area contributed by atoms with Gasteiger partial charge in [0.25, 0.3) is 0 Å². The van der Waals surface area contributed by atoms with Crippen molar-refractivity contribution in [1.29, 1.82) is 0 Å². The van der Waals surface area contributed by atoms with E-state index in [0.717, 1.165) is 63.2 Å². The van der Waals surface area contributed by atoms with Gasteiger partial charge in [-0.2, -0.15) is 4.98 Å². The van der Waals surface area contributed by atoms with E-state index in [1.54, 1.807) is 6.92 Å². The molecule has 1 saturated heterocycles. The molecule has 2 heterocycles. The number of nitrogens with zero attached hydrogens (tertiary/aromatic N) is 4. The molecule has 0 bridgehead atoms. The van der Waals surface area contributed by atoms with E-state index in [2.05, 4.69) is 33.8 Å². The van der Waals surface area contributed by atoms with E-state index >= 15 is 0 Å². The summed E-state index contributed by atoms with van der Waals surface area (Å²) < 4.78 is 11.2. The summed E-state index contributed by atoms with van der Waals surface area (Å²) in [5.74, 6) is 2.49. The molecule has 1 aromatic heterocycles. The monoisotopic (exact) mass is 412 g/mol. The average molecular weight is 413 g/mol. The van der Waals surface area contributed by atoms with Gasteiger partial charge in [-0.25, -0.2) is 0 Å². The Morgan fingerprint density at radius 3 is 2.30 bits per heavy atom. The number of benzene rings is 1. The second-order valence-electron chi connectivity index (χ2n) is 8.71. The lowest BCUT2D eigenvalue weighted by Crippen LogP contribution is -2.52. The van der Waals surface area contributed by atoms with Crippen LogP contribution in [-0.2, 0) is 4.79 Å². The lowest BCUT2D eigenvalue weighted by molar-refractivity contribution is -0.139. The van der Waals surface area contributed by atoms with Crippen molar-refractivity contribution in [3.63, 3.8) is 0 Å². The number of aryl methyl sites for hydroxylation is 1. The van der Waals surface area contributed by atoms with E-state index < -0.39 is 0 Å². The number of rotatable bonds is 5. The molecule has 1 aliphatic carbocycles. The van der Waals surface area contributed by atoms with E-state index in [0.29, 0.717) is 23.7 Å². The van der Waals surface area contributed by atoms with E-state index in [9.17, 15) is 4.79 Å². The molecule has 2 aliphatic rings. The van der Waals surface area contributed by atoms with Crippen molar-refractivity contribution in [2.24, 2.45) is 5.92 Å². The van der Waals surface area contributed by atoms with Crippen LogP contribution in [0, 0.1) is 12.8 Å². The molecule has 0 spiro atoms. The number of ether oxygens (including phenoxy) is 1. The minimum Gasteiger partial charge on any atom is -0.490 e. The summed E-state index contributed by atoms with van der Waals surface area (Å²) in [4.78, 5) is 21.7. The van der Waals surface area contributed by atoms with Crippen LogP contribution in [0.5, 0.6) is 5.75 Å². The Hall–Kier alpha value is -2.41.